The van der Waals surface area contributed by atoms with Crippen LogP contribution < -0.4 is 4.90 Å². The fourth-order valence-electron chi connectivity index (χ4n) is 4.54. The predicted octanol–water partition coefficient (Wildman–Crippen LogP) is 1.30. The fraction of sp³-hybridized carbons (Fsp3) is 0.333. The molecule has 1 aromatic carbocycles. The Morgan fingerprint density at radius 3 is 2.28 bits per heavy atom. The lowest BCUT2D eigenvalue weighted by Gasteiger charge is -2.26. The molecule has 29 heavy (non-hydrogen) atoms. The maximum Gasteiger partial charge on any atom is 0.248 e. The molecule has 0 aliphatic carbocycles. The number of para-hydroxylation sites is 1. The van der Waals surface area contributed by atoms with E-state index in [4.69, 9.17) is 0 Å². The Balaban J connectivity index is 1.37. The van der Waals surface area contributed by atoms with Gasteiger partial charge in [0.1, 0.15) is 13.1 Å². The summed E-state index contributed by atoms with van der Waals surface area (Å²) in [5, 5.41) is 8.28. The summed E-state index contributed by atoms with van der Waals surface area (Å²) >= 11 is 0. The summed E-state index contributed by atoms with van der Waals surface area (Å²) in [6.07, 6.45) is 7.79. The van der Waals surface area contributed by atoms with Crippen LogP contribution in [0.5, 0.6) is 0 Å². The molecule has 2 aliphatic rings. The molecule has 1 saturated heterocycles. The topological polar surface area (TPSA) is 76.3 Å². The first-order valence-corrected chi connectivity index (χ1v) is 9.77. The molecule has 5 rings (SSSR count). The van der Waals surface area contributed by atoms with Crippen molar-refractivity contribution in [2.45, 2.75) is 24.9 Å². The highest BCUT2D eigenvalue weighted by Gasteiger charge is 2.49. The number of amides is 2. The molecule has 0 N–H and O–H groups in total. The van der Waals surface area contributed by atoms with Gasteiger partial charge in [-0.25, -0.2) is 0 Å². The summed E-state index contributed by atoms with van der Waals surface area (Å²) in [6.45, 7) is 2.36. The van der Waals surface area contributed by atoms with Crippen molar-refractivity contribution < 1.29 is 9.59 Å². The molecular weight excluding hydrogens is 368 g/mol. The Morgan fingerprint density at radius 2 is 1.59 bits per heavy atom. The van der Waals surface area contributed by atoms with Gasteiger partial charge >= 0.3 is 0 Å². The number of hydrogen-bond donors (Lipinski definition) is 0. The molecule has 4 heterocycles. The lowest BCUT2D eigenvalue weighted by Crippen LogP contribution is -2.41. The van der Waals surface area contributed by atoms with Crippen LogP contribution in [0.1, 0.15) is 12.0 Å². The van der Waals surface area contributed by atoms with E-state index in [1.165, 1.54) is 0 Å². The fourth-order valence-corrected chi connectivity index (χ4v) is 4.54. The van der Waals surface area contributed by atoms with Crippen molar-refractivity contribution in [2.24, 2.45) is 0 Å². The Labute approximate surface area is 168 Å². The molecule has 2 aromatic heterocycles. The van der Waals surface area contributed by atoms with Gasteiger partial charge in [0.2, 0.25) is 11.8 Å². The molecule has 3 aromatic rings. The van der Waals surface area contributed by atoms with E-state index in [1.807, 2.05) is 40.1 Å². The summed E-state index contributed by atoms with van der Waals surface area (Å²) in [7, 11) is 0. The predicted molar refractivity (Wildman–Crippen MR) is 106 cm³/mol. The second-order valence-electron chi connectivity index (χ2n) is 7.75. The SMILES string of the molecule is O=C(Cn1cccn1)N1CCC2(C1)CN(C(=O)Cn1cccn1)c1ccccc12. The number of hydrogen-bond acceptors (Lipinski definition) is 4. The third kappa shape index (κ3) is 3.10. The van der Waals surface area contributed by atoms with E-state index < -0.39 is 0 Å². The number of carbonyl (C=O) groups excluding carboxylic acids is 2. The first kappa shape index (κ1) is 17.7. The van der Waals surface area contributed by atoms with E-state index in [0.29, 0.717) is 19.6 Å². The Bertz CT molecular complexity index is 1030. The zero-order chi connectivity index (χ0) is 19.8. The average Bonchev–Trinajstić information content (AvgIpc) is 3.51. The zero-order valence-corrected chi connectivity index (χ0v) is 16.0. The van der Waals surface area contributed by atoms with Crippen LogP contribution in [0.15, 0.2) is 61.2 Å². The largest absolute Gasteiger partial charge is 0.340 e. The van der Waals surface area contributed by atoms with Gasteiger partial charge in [0.05, 0.1) is 0 Å². The molecular formula is C21H22N6O2. The second-order valence-corrected chi connectivity index (χ2v) is 7.75. The van der Waals surface area contributed by atoms with Crippen LogP contribution in [-0.4, -0.2) is 55.9 Å². The van der Waals surface area contributed by atoms with Gasteiger partial charge in [-0.05, 0) is 30.2 Å². The number of fused-ring (bicyclic) bond motifs is 2. The number of carbonyl (C=O) groups is 2. The highest BCUT2D eigenvalue weighted by molar-refractivity contribution is 5.96. The number of rotatable bonds is 4. The molecule has 2 aliphatic heterocycles. The van der Waals surface area contributed by atoms with Crippen molar-refractivity contribution in [3.8, 4) is 0 Å². The molecule has 1 fully saturated rings. The van der Waals surface area contributed by atoms with Crippen LogP contribution in [0.25, 0.3) is 0 Å². The van der Waals surface area contributed by atoms with E-state index in [0.717, 1.165) is 17.7 Å². The smallest absolute Gasteiger partial charge is 0.248 e. The van der Waals surface area contributed by atoms with Gasteiger partial charge in [0.15, 0.2) is 0 Å². The second kappa shape index (κ2) is 6.88. The minimum absolute atomic E-state index is 0.0133. The van der Waals surface area contributed by atoms with Gasteiger partial charge in [-0.2, -0.15) is 10.2 Å². The first-order valence-electron chi connectivity index (χ1n) is 9.77. The Morgan fingerprint density at radius 1 is 0.897 bits per heavy atom. The first-order chi connectivity index (χ1) is 14.1. The summed E-state index contributed by atoms with van der Waals surface area (Å²) < 4.78 is 3.29. The van der Waals surface area contributed by atoms with Crippen LogP contribution >= 0.6 is 0 Å². The Kier molecular flexibility index (Phi) is 4.19. The van der Waals surface area contributed by atoms with Crippen LogP contribution in [0.2, 0.25) is 0 Å². The van der Waals surface area contributed by atoms with Crippen LogP contribution in [0.3, 0.4) is 0 Å². The molecule has 148 valence electrons. The van der Waals surface area contributed by atoms with Gasteiger partial charge in [-0.3, -0.25) is 19.0 Å². The van der Waals surface area contributed by atoms with Crippen LogP contribution in [0.4, 0.5) is 5.69 Å². The molecule has 0 bridgehead atoms. The van der Waals surface area contributed by atoms with Gasteiger partial charge in [0.25, 0.3) is 0 Å². The van der Waals surface area contributed by atoms with Crippen molar-refractivity contribution in [1.29, 1.82) is 0 Å². The summed E-state index contributed by atoms with van der Waals surface area (Å²) in [4.78, 5) is 29.5. The molecule has 0 saturated carbocycles. The lowest BCUT2D eigenvalue weighted by molar-refractivity contribution is -0.131. The van der Waals surface area contributed by atoms with E-state index >= 15 is 0 Å². The third-order valence-electron chi connectivity index (χ3n) is 5.95. The van der Waals surface area contributed by atoms with Gasteiger partial charge in [0, 0.05) is 55.5 Å². The molecule has 8 nitrogen and oxygen atoms in total. The molecule has 0 radical (unpaired) electrons. The monoisotopic (exact) mass is 390 g/mol. The maximum absolute atomic E-state index is 13.0. The van der Waals surface area contributed by atoms with Gasteiger partial charge in [-0.15, -0.1) is 0 Å². The summed E-state index contributed by atoms with van der Waals surface area (Å²) in [6, 6.07) is 11.7. The van der Waals surface area contributed by atoms with Gasteiger partial charge < -0.3 is 9.80 Å². The third-order valence-corrected chi connectivity index (χ3v) is 5.95. The van der Waals surface area contributed by atoms with E-state index in [-0.39, 0.29) is 30.3 Å². The number of aromatic nitrogens is 4. The van der Waals surface area contributed by atoms with Crippen molar-refractivity contribution in [2.75, 3.05) is 24.5 Å². The molecule has 2 amide bonds. The molecule has 1 spiro atoms. The van der Waals surface area contributed by atoms with Crippen molar-refractivity contribution >= 4 is 17.5 Å². The van der Waals surface area contributed by atoms with Crippen LogP contribution in [0, 0.1) is 0 Å². The van der Waals surface area contributed by atoms with E-state index in [1.54, 1.807) is 34.2 Å². The highest BCUT2D eigenvalue weighted by Crippen LogP contribution is 2.46. The maximum atomic E-state index is 13.0. The highest BCUT2D eigenvalue weighted by atomic mass is 16.2. The standard InChI is InChI=1S/C21H22N6O2/c28-19(13-25-10-3-8-22-25)24-12-7-21(15-24)16-27(18-6-2-1-5-17(18)21)20(29)14-26-11-4-9-23-26/h1-6,8-11H,7,12-16H2. The Hall–Kier alpha value is -3.42. The number of likely N-dealkylation sites (tertiary alicyclic amines) is 1. The average molecular weight is 390 g/mol. The van der Waals surface area contributed by atoms with Crippen LogP contribution in [-0.2, 0) is 28.1 Å². The van der Waals surface area contributed by atoms with Crippen molar-refractivity contribution in [3.05, 3.63) is 66.7 Å². The minimum atomic E-state index is -0.212. The van der Waals surface area contributed by atoms with Gasteiger partial charge in [-0.1, -0.05) is 18.2 Å². The minimum Gasteiger partial charge on any atom is -0.340 e. The summed E-state index contributed by atoms with van der Waals surface area (Å²) in [5.41, 5.74) is 1.89. The number of benzene rings is 1. The van der Waals surface area contributed by atoms with Crippen molar-refractivity contribution in [3.63, 3.8) is 0 Å². The number of anilines is 1. The van der Waals surface area contributed by atoms with E-state index in [9.17, 15) is 9.59 Å². The summed E-state index contributed by atoms with van der Waals surface area (Å²) in [5.74, 6) is 0.0729. The molecule has 1 atom stereocenters. The zero-order valence-electron chi connectivity index (χ0n) is 16.0. The number of nitrogens with zero attached hydrogens (tertiary/aromatic N) is 6. The van der Waals surface area contributed by atoms with Crippen molar-refractivity contribution in [1.82, 2.24) is 24.5 Å². The molecule has 8 heteroatoms. The quantitative estimate of drug-likeness (QED) is 0.673. The molecule has 1 unspecified atom stereocenters. The van der Waals surface area contributed by atoms with E-state index in [2.05, 4.69) is 16.3 Å². The normalized spacial score (nSPS) is 20.4. The lowest BCUT2D eigenvalue weighted by atomic mass is 9.81.